The van der Waals surface area contributed by atoms with Crippen LogP contribution in [0, 0.1) is 0 Å². The van der Waals surface area contributed by atoms with Gasteiger partial charge in [0.05, 0.1) is 13.1 Å². The third-order valence-electron chi connectivity index (χ3n) is 1.85. The van der Waals surface area contributed by atoms with Gasteiger partial charge in [0.2, 0.25) is 5.91 Å². The third kappa shape index (κ3) is 9.27. The number of hydrogen-bond acceptors (Lipinski definition) is 5. The summed E-state index contributed by atoms with van der Waals surface area (Å²) in [7, 11) is 3.67. The number of urea groups is 1. The first kappa shape index (κ1) is 15.3. The molecule has 0 rings (SSSR count). The van der Waals surface area contributed by atoms with Crippen molar-refractivity contribution in [2.75, 3.05) is 40.3 Å². The number of carboxylic acids is 1. The maximum atomic E-state index is 11.2. The molecule has 3 amide bonds. The van der Waals surface area contributed by atoms with Crippen LogP contribution >= 0.6 is 0 Å². The fraction of sp³-hybridized carbons (Fsp3) is 0.667. The normalized spacial score (nSPS) is 10.6. The molecule has 0 aliphatic rings. The Morgan fingerprint density at radius 1 is 1.18 bits per heavy atom. The number of hydrogen-bond donors (Lipinski definition) is 3. The van der Waals surface area contributed by atoms with Crippen molar-refractivity contribution in [3.05, 3.63) is 0 Å². The van der Waals surface area contributed by atoms with E-state index in [-0.39, 0.29) is 13.1 Å². The van der Waals surface area contributed by atoms with E-state index in [0.717, 1.165) is 0 Å². The molecule has 17 heavy (non-hydrogen) atoms. The zero-order valence-corrected chi connectivity index (χ0v) is 9.97. The lowest BCUT2D eigenvalue weighted by Gasteiger charge is -2.21. The van der Waals surface area contributed by atoms with Crippen molar-refractivity contribution < 1.29 is 19.5 Å². The number of carbonyl (C=O) groups excluding carboxylic acids is 2. The molecule has 0 bridgehead atoms. The average molecular weight is 246 g/mol. The maximum Gasteiger partial charge on any atom is 0.318 e. The zero-order chi connectivity index (χ0) is 13.4. The van der Waals surface area contributed by atoms with Crippen LogP contribution in [0.25, 0.3) is 0 Å². The second-order valence-corrected chi connectivity index (χ2v) is 3.82. The number of nitrogens with two attached hydrogens (primary N) is 1. The molecule has 0 aromatic rings. The van der Waals surface area contributed by atoms with Crippen LogP contribution in [0.15, 0.2) is 0 Å². The zero-order valence-electron chi connectivity index (χ0n) is 9.97. The van der Waals surface area contributed by atoms with Gasteiger partial charge >= 0.3 is 12.0 Å². The Bertz CT molecular complexity index is 293. The summed E-state index contributed by atoms with van der Waals surface area (Å²) in [6, 6.07) is -0.946. The van der Waals surface area contributed by atoms with Gasteiger partial charge in [0.25, 0.3) is 0 Å². The molecule has 0 radical (unpaired) electrons. The lowest BCUT2D eigenvalue weighted by molar-refractivity contribution is -0.138. The molecule has 0 aliphatic carbocycles. The minimum atomic E-state index is -1.03. The summed E-state index contributed by atoms with van der Waals surface area (Å²) >= 11 is 0. The maximum absolute atomic E-state index is 11.2. The minimum Gasteiger partial charge on any atom is -0.480 e. The molecule has 0 aliphatic heterocycles. The van der Waals surface area contributed by atoms with Gasteiger partial charge in [-0.3, -0.25) is 19.8 Å². The number of rotatable bonds is 7. The lowest BCUT2D eigenvalue weighted by atomic mass is 10.4. The Morgan fingerprint density at radius 2 is 1.76 bits per heavy atom. The smallest absolute Gasteiger partial charge is 0.318 e. The third-order valence-corrected chi connectivity index (χ3v) is 1.85. The molecule has 0 fully saturated rings. The number of primary amides is 1. The molecule has 0 atom stereocenters. The fourth-order valence-corrected chi connectivity index (χ4v) is 1.13. The van der Waals surface area contributed by atoms with Crippen molar-refractivity contribution in [2.45, 2.75) is 0 Å². The number of imide groups is 1. The number of likely N-dealkylation sites (N-methyl/N-ethyl adjacent to an activating group) is 1. The summed E-state index contributed by atoms with van der Waals surface area (Å²) in [5.41, 5.74) is 4.78. The van der Waals surface area contributed by atoms with E-state index in [4.69, 9.17) is 10.8 Å². The van der Waals surface area contributed by atoms with E-state index in [9.17, 15) is 14.4 Å². The van der Waals surface area contributed by atoms with Crippen molar-refractivity contribution in [3.63, 3.8) is 0 Å². The first-order valence-corrected chi connectivity index (χ1v) is 4.99. The summed E-state index contributed by atoms with van der Waals surface area (Å²) in [6.07, 6.45) is 0. The molecule has 0 unspecified atom stereocenters. The fourth-order valence-electron chi connectivity index (χ4n) is 1.13. The van der Waals surface area contributed by atoms with Gasteiger partial charge in [-0.25, -0.2) is 4.79 Å². The molecular formula is C9H18N4O4. The number of carbonyl (C=O) groups is 3. The van der Waals surface area contributed by atoms with Crippen LogP contribution in [-0.2, 0) is 9.59 Å². The van der Waals surface area contributed by atoms with Crippen LogP contribution in [0.2, 0.25) is 0 Å². The number of aliphatic carboxylic acids is 1. The van der Waals surface area contributed by atoms with E-state index >= 15 is 0 Å². The SMILES string of the molecule is CN(C)CCN(CC(=O)O)CC(=O)NC(N)=O. The summed E-state index contributed by atoms with van der Waals surface area (Å²) in [5, 5.41) is 10.6. The molecule has 8 heteroatoms. The highest BCUT2D eigenvalue weighted by molar-refractivity contribution is 5.94. The molecule has 98 valence electrons. The van der Waals surface area contributed by atoms with Gasteiger partial charge in [0, 0.05) is 13.1 Å². The molecular weight excluding hydrogens is 228 g/mol. The predicted molar refractivity (Wildman–Crippen MR) is 60.4 cm³/mol. The van der Waals surface area contributed by atoms with Crippen molar-refractivity contribution >= 4 is 17.9 Å². The number of nitrogens with zero attached hydrogens (tertiary/aromatic N) is 2. The van der Waals surface area contributed by atoms with Crippen molar-refractivity contribution in [1.82, 2.24) is 15.1 Å². The summed E-state index contributed by atoms with van der Waals surface area (Å²) in [5.74, 6) is -1.65. The van der Waals surface area contributed by atoms with Gasteiger partial charge in [0.1, 0.15) is 0 Å². The van der Waals surface area contributed by atoms with Gasteiger partial charge < -0.3 is 15.7 Å². The molecule has 0 saturated carbocycles. The quantitative estimate of drug-likeness (QED) is 0.484. The van der Waals surface area contributed by atoms with Gasteiger partial charge in [-0.15, -0.1) is 0 Å². The standard InChI is InChI=1S/C9H18N4O4/c1-12(2)3-4-13(6-8(15)16)5-7(14)11-9(10)17/h3-6H2,1-2H3,(H,15,16)(H3,10,11,14,17). The monoisotopic (exact) mass is 246 g/mol. The summed E-state index contributed by atoms with van der Waals surface area (Å²) in [4.78, 5) is 35.5. The molecule has 0 heterocycles. The highest BCUT2D eigenvalue weighted by atomic mass is 16.4. The molecule has 8 nitrogen and oxygen atoms in total. The van der Waals surface area contributed by atoms with Crippen LogP contribution < -0.4 is 11.1 Å². The number of nitrogens with one attached hydrogen (secondary N) is 1. The lowest BCUT2D eigenvalue weighted by Crippen LogP contribution is -2.45. The Morgan fingerprint density at radius 3 is 2.18 bits per heavy atom. The second-order valence-electron chi connectivity index (χ2n) is 3.82. The second kappa shape index (κ2) is 7.58. The highest BCUT2D eigenvalue weighted by Crippen LogP contribution is 1.89. The Hall–Kier alpha value is -1.67. The van der Waals surface area contributed by atoms with Crippen molar-refractivity contribution in [2.24, 2.45) is 5.73 Å². The minimum absolute atomic E-state index is 0.178. The predicted octanol–water partition coefficient (Wildman–Crippen LogP) is -1.87. The van der Waals surface area contributed by atoms with Crippen LogP contribution in [0.5, 0.6) is 0 Å². The Kier molecular flexibility index (Phi) is 6.83. The summed E-state index contributed by atoms with van der Waals surface area (Å²) < 4.78 is 0. The van der Waals surface area contributed by atoms with Crippen LogP contribution in [0.3, 0.4) is 0 Å². The topological polar surface area (TPSA) is 116 Å². The Balaban J connectivity index is 4.22. The number of carboxylic acid groups (broad SMARTS) is 1. The first-order chi connectivity index (χ1) is 7.81. The van der Waals surface area contributed by atoms with Crippen molar-refractivity contribution in [3.8, 4) is 0 Å². The summed E-state index contributed by atoms with van der Waals surface area (Å²) in [6.45, 7) is 0.575. The first-order valence-electron chi connectivity index (χ1n) is 4.99. The van der Waals surface area contributed by atoms with Crippen molar-refractivity contribution in [1.29, 1.82) is 0 Å². The molecule has 0 aromatic heterocycles. The van der Waals surface area contributed by atoms with E-state index in [1.807, 2.05) is 24.3 Å². The van der Waals surface area contributed by atoms with E-state index in [1.54, 1.807) is 0 Å². The highest BCUT2D eigenvalue weighted by Gasteiger charge is 2.14. The molecule has 4 N–H and O–H groups in total. The van der Waals surface area contributed by atoms with Crippen LogP contribution in [0.4, 0.5) is 4.79 Å². The Labute approximate surface area is 99.3 Å². The molecule has 0 spiro atoms. The van der Waals surface area contributed by atoms with E-state index in [0.29, 0.717) is 13.1 Å². The molecule has 0 aromatic carbocycles. The van der Waals surface area contributed by atoms with Crippen LogP contribution in [-0.4, -0.2) is 73.1 Å². The van der Waals surface area contributed by atoms with Crippen LogP contribution in [0.1, 0.15) is 0 Å². The number of amides is 3. The van der Waals surface area contributed by atoms with Gasteiger partial charge in [0.15, 0.2) is 0 Å². The van der Waals surface area contributed by atoms with Gasteiger partial charge in [-0.2, -0.15) is 0 Å². The molecule has 0 saturated heterocycles. The van der Waals surface area contributed by atoms with E-state index < -0.39 is 17.9 Å². The van der Waals surface area contributed by atoms with E-state index in [2.05, 4.69) is 0 Å². The largest absolute Gasteiger partial charge is 0.480 e. The average Bonchev–Trinajstić information content (AvgIpc) is 2.11. The van der Waals surface area contributed by atoms with Gasteiger partial charge in [-0.05, 0) is 14.1 Å². The van der Waals surface area contributed by atoms with Gasteiger partial charge in [-0.1, -0.05) is 0 Å². The van der Waals surface area contributed by atoms with E-state index in [1.165, 1.54) is 4.90 Å².